The molecule has 2 aromatic carbocycles. The molecule has 2 heterocycles. The molecule has 1 aliphatic carbocycles. The number of pyridine rings is 1. The molecular formula is C36H36F6N2O5. The maximum absolute atomic E-state index is 14.3. The van der Waals surface area contributed by atoms with Crippen molar-refractivity contribution < 1.29 is 50.1 Å². The van der Waals surface area contributed by atoms with Crippen LogP contribution in [0.4, 0.5) is 31.1 Å². The van der Waals surface area contributed by atoms with Crippen molar-refractivity contribution in [3.8, 4) is 17.0 Å². The summed E-state index contributed by atoms with van der Waals surface area (Å²) in [6.07, 6.45) is -9.38. The lowest BCUT2D eigenvalue weighted by atomic mass is 9.73. The molecule has 1 aromatic heterocycles. The fourth-order valence-electron chi connectivity index (χ4n) is 6.58. The fraction of sp³-hybridized carbons (Fsp3) is 0.417. The molecular weight excluding hydrogens is 654 g/mol. The van der Waals surface area contributed by atoms with Crippen molar-refractivity contribution in [3.63, 3.8) is 0 Å². The maximum atomic E-state index is 14.3. The van der Waals surface area contributed by atoms with E-state index < -0.39 is 47.7 Å². The van der Waals surface area contributed by atoms with Gasteiger partial charge in [0, 0.05) is 12.1 Å². The number of aryl methyl sites for hydroxylation is 1. The van der Waals surface area contributed by atoms with E-state index >= 15 is 0 Å². The van der Waals surface area contributed by atoms with Gasteiger partial charge >= 0.3 is 24.4 Å². The van der Waals surface area contributed by atoms with Gasteiger partial charge in [0.25, 0.3) is 0 Å². The summed E-state index contributed by atoms with van der Waals surface area (Å²) in [5.41, 5.74) is -0.266. The van der Waals surface area contributed by atoms with Crippen molar-refractivity contribution >= 4 is 17.6 Å². The standard InChI is InChI=1S/C36H36F6N2O5/c1-19-13-22(15-24(14-19)35(37,38)39)31-20(2)44(33(46)49-31)18-23-17-34(3,4)12-11-25(23)30-29(47-5)10-9-28(43-30)26-8-7-21(32(45)48-6)16-27(26)36(40,41)42/h7-10,13-16,20,31H,11-12,17-18H2,1-6H3/t20-,31-/m0/s1. The Morgan fingerprint density at radius 3 is 2.37 bits per heavy atom. The molecule has 0 N–H and O–H groups in total. The molecule has 3 aromatic rings. The van der Waals surface area contributed by atoms with Crippen molar-refractivity contribution in [2.45, 2.75) is 71.5 Å². The molecule has 0 radical (unpaired) electrons. The number of hydrogen-bond acceptors (Lipinski definition) is 6. The minimum Gasteiger partial charge on any atom is -0.494 e. The molecule has 1 fully saturated rings. The van der Waals surface area contributed by atoms with Gasteiger partial charge in [-0.1, -0.05) is 31.5 Å². The number of alkyl halides is 6. The molecule has 1 amide bonds. The fourth-order valence-corrected chi connectivity index (χ4v) is 6.58. The Morgan fingerprint density at radius 1 is 1.02 bits per heavy atom. The van der Waals surface area contributed by atoms with Crippen LogP contribution >= 0.6 is 0 Å². The molecule has 0 saturated carbocycles. The van der Waals surface area contributed by atoms with Crippen LogP contribution in [0.15, 0.2) is 54.1 Å². The lowest BCUT2D eigenvalue weighted by molar-refractivity contribution is -0.138. The highest BCUT2D eigenvalue weighted by molar-refractivity contribution is 5.90. The van der Waals surface area contributed by atoms with Crippen molar-refractivity contribution in [1.29, 1.82) is 0 Å². The minimum absolute atomic E-state index is 0.00912. The number of hydrogen-bond donors (Lipinski definition) is 0. The summed E-state index contributed by atoms with van der Waals surface area (Å²) in [4.78, 5) is 31.4. The van der Waals surface area contributed by atoms with E-state index in [9.17, 15) is 35.9 Å². The van der Waals surface area contributed by atoms with Crippen LogP contribution in [0, 0.1) is 12.3 Å². The predicted octanol–water partition coefficient (Wildman–Crippen LogP) is 9.44. The summed E-state index contributed by atoms with van der Waals surface area (Å²) in [6.45, 7) is 7.42. The van der Waals surface area contributed by atoms with Gasteiger partial charge in [-0.2, -0.15) is 26.3 Å². The van der Waals surface area contributed by atoms with Crippen LogP contribution in [-0.4, -0.2) is 48.8 Å². The SMILES string of the molecule is COC(=O)c1ccc(-c2ccc(OC)c(C3=C(CN4C(=O)O[C@H](c5cc(C)cc(C(F)(F)F)c5)[C@@H]4C)CC(C)(C)CC3)n2)c(C(F)(F)F)c1. The number of benzene rings is 2. The molecule has 1 saturated heterocycles. The first-order valence-electron chi connectivity index (χ1n) is 15.5. The van der Waals surface area contributed by atoms with E-state index in [0.717, 1.165) is 30.9 Å². The summed E-state index contributed by atoms with van der Waals surface area (Å²) in [5, 5.41) is 0. The average Bonchev–Trinajstić information content (AvgIpc) is 3.31. The largest absolute Gasteiger partial charge is 0.494 e. The third-order valence-corrected chi connectivity index (χ3v) is 9.07. The Morgan fingerprint density at radius 2 is 1.73 bits per heavy atom. The average molecular weight is 691 g/mol. The molecule has 5 rings (SSSR count). The van der Waals surface area contributed by atoms with E-state index in [4.69, 9.17) is 9.47 Å². The summed E-state index contributed by atoms with van der Waals surface area (Å²) in [6, 6.07) is 9.00. The maximum Gasteiger partial charge on any atom is 0.417 e. The minimum atomic E-state index is -4.82. The molecule has 0 spiro atoms. The van der Waals surface area contributed by atoms with Crippen molar-refractivity contribution in [2.24, 2.45) is 5.41 Å². The number of amides is 1. The lowest BCUT2D eigenvalue weighted by Gasteiger charge is -2.35. The zero-order valence-electron chi connectivity index (χ0n) is 27.8. The first kappa shape index (κ1) is 35.7. The van der Waals surface area contributed by atoms with Gasteiger partial charge in [0.2, 0.25) is 0 Å². The van der Waals surface area contributed by atoms with Crippen LogP contribution in [0.3, 0.4) is 0 Å². The number of nitrogens with zero attached hydrogens (tertiary/aromatic N) is 2. The van der Waals surface area contributed by atoms with Crippen LogP contribution in [0.2, 0.25) is 0 Å². The Labute approximate surface area is 279 Å². The third kappa shape index (κ3) is 7.40. The highest BCUT2D eigenvalue weighted by Gasteiger charge is 2.43. The Bertz CT molecular complexity index is 1810. The third-order valence-electron chi connectivity index (χ3n) is 9.07. The smallest absolute Gasteiger partial charge is 0.417 e. The van der Waals surface area contributed by atoms with Gasteiger partial charge in [-0.15, -0.1) is 0 Å². The summed E-state index contributed by atoms with van der Waals surface area (Å²) in [5.74, 6) is -0.606. The van der Waals surface area contributed by atoms with Crippen LogP contribution in [-0.2, 0) is 21.8 Å². The number of halogens is 6. The Hall–Kier alpha value is -4.55. The van der Waals surface area contributed by atoms with E-state index in [1.165, 1.54) is 36.3 Å². The number of aromatic nitrogens is 1. The molecule has 0 bridgehead atoms. The van der Waals surface area contributed by atoms with E-state index in [-0.39, 0.29) is 34.3 Å². The number of allylic oxidation sites excluding steroid dienone is 1. The summed E-state index contributed by atoms with van der Waals surface area (Å²) < 4.78 is 99.5. The van der Waals surface area contributed by atoms with E-state index in [2.05, 4.69) is 23.6 Å². The highest BCUT2D eigenvalue weighted by Crippen LogP contribution is 2.46. The Balaban J connectivity index is 1.57. The predicted molar refractivity (Wildman–Crippen MR) is 169 cm³/mol. The first-order chi connectivity index (χ1) is 22.8. The van der Waals surface area contributed by atoms with Crippen molar-refractivity contribution in [1.82, 2.24) is 9.88 Å². The lowest BCUT2D eigenvalue weighted by Crippen LogP contribution is -2.35. The number of methoxy groups -OCH3 is 2. The number of carbonyl (C=O) groups is 2. The van der Waals surface area contributed by atoms with Crippen molar-refractivity contribution in [3.05, 3.63) is 87.6 Å². The second-order valence-corrected chi connectivity index (χ2v) is 13.2. The molecule has 49 heavy (non-hydrogen) atoms. The first-order valence-corrected chi connectivity index (χ1v) is 15.5. The van der Waals surface area contributed by atoms with Gasteiger partial charge in [-0.3, -0.25) is 4.90 Å². The van der Waals surface area contributed by atoms with E-state index in [0.29, 0.717) is 41.8 Å². The monoisotopic (exact) mass is 690 g/mol. The molecule has 262 valence electrons. The number of ether oxygens (including phenoxy) is 3. The quantitative estimate of drug-likeness (QED) is 0.182. The number of rotatable bonds is 7. The van der Waals surface area contributed by atoms with Gasteiger partial charge < -0.3 is 14.2 Å². The molecule has 2 aliphatic rings. The van der Waals surface area contributed by atoms with Crippen LogP contribution in [0.1, 0.15) is 84.4 Å². The molecule has 7 nitrogen and oxygen atoms in total. The number of esters is 1. The zero-order valence-corrected chi connectivity index (χ0v) is 27.8. The number of carbonyl (C=O) groups excluding carboxylic acids is 2. The van der Waals surface area contributed by atoms with Crippen LogP contribution < -0.4 is 4.74 Å². The van der Waals surface area contributed by atoms with E-state index in [1.54, 1.807) is 19.9 Å². The van der Waals surface area contributed by atoms with Crippen molar-refractivity contribution in [2.75, 3.05) is 20.8 Å². The summed E-state index contributed by atoms with van der Waals surface area (Å²) in [7, 11) is 2.49. The van der Waals surface area contributed by atoms with Gasteiger partial charge in [-0.05, 0) is 91.6 Å². The molecule has 13 heteroatoms. The zero-order chi connectivity index (χ0) is 36.1. The van der Waals surface area contributed by atoms with Crippen LogP contribution in [0.25, 0.3) is 16.8 Å². The molecule has 1 aliphatic heterocycles. The van der Waals surface area contributed by atoms with Gasteiger partial charge in [0.15, 0.2) is 0 Å². The van der Waals surface area contributed by atoms with Crippen LogP contribution in [0.5, 0.6) is 5.75 Å². The normalized spacial score (nSPS) is 19.6. The highest BCUT2D eigenvalue weighted by atomic mass is 19.4. The van der Waals surface area contributed by atoms with E-state index in [1.807, 2.05) is 0 Å². The Kier molecular flexibility index (Phi) is 9.52. The second-order valence-electron chi connectivity index (χ2n) is 13.2. The topological polar surface area (TPSA) is 78.0 Å². The van der Waals surface area contributed by atoms with Gasteiger partial charge in [-0.25, -0.2) is 14.6 Å². The van der Waals surface area contributed by atoms with Gasteiger partial charge in [0.1, 0.15) is 17.5 Å². The number of cyclic esters (lactones) is 1. The molecule has 0 unspecified atom stereocenters. The van der Waals surface area contributed by atoms with Gasteiger partial charge in [0.05, 0.1) is 42.6 Å². The second kappa shape index (κ2) is 13.1. The summed E-state index contributed by atoms with van der Waals surface area (Å²) >= 11 is 0. The molecule has 2 atom stereocenters.